The average Bonchev–Trinajstić information content (AvgIpc) is 2.98. The van der Waals surface area contributed by atoms with E-state index in [-0.39, 0.29) is 5.69 Å². The largest absolute Gasteiger partial charge is 0.476 e. The second kappa shape index (κ2) is 5.38. The van der Waals surface area contributed by atoms with E-state index in [4.69, 9.17) is 14.4 Å². The molecule has 0 radical (unpaired) electrons. The molecule has 3 aromatic rings. The number of hydrogen-bond donors (Lipinski definition) is 1. The Morgan fingerprint density at radius 1 is 1.19 bits per heavy atom. The first-order chi connectivity index (χ1) is 10.2. The highest BCUT2D eigenvalue weighted by atomic mass is 16.5. The topological polar surface area (TPSA) is 72.6 Å². The highest BCUT2D eigenvalue weighted by molar-refractivity contribution is 5.85. The van der Waals surface area contributed by atoms with Crippen molar-refractivity contribution in [3.05, 3.63) is 65.5 Å². The molecule has 21 heavy (non-hydrogen) atoms. The predicted molar refractivity (Wildman–Crippen MR) is 76.3 cm³/mol. The number of fused-ring (bicyclic) bond motifs is 1. The van der Waals surface area contributed by atoms with Gasteiger partial charge in [-0.05, 0) is 22.4 Å². The van der Waals surface area contributed by atoms with Crippen molar-refractivity contribution in [1.29, 1.82) is 0 Å². The van der Waals surface area contributed by atoms with Crippen LogP contribution in [0.15, 0.2) is 53.1 Å². The van der Waals surface area contributed by atoms with Gasteiger partial charge in [0.1, 0.15) is 6.10 Å². The number of carboxylic acids is 1. The van der Waals surface area contributed by atoms with Gasteiger partial charge in [0.25, 0.3) is 0 Å². The summed E-state index contributed by atoms with van der Waals surface area (Å²) in [5.74, 6) is -0.761. The quantitative estimate of drug-likeness (QED) is 0.795. The molecular weight excluding hydrogens is 270 g/mol. The standard InChI is InChI=1S/C16H13NO4/c1-20-15(14-9-13(16(18)19)17-21-14)12-7-6-10-4-2-3-5-11(10)8-12/h2-9,15H,1H3,(H,18,19). The van der Waals surface area contributed by atoms with E-state index in [1.807, 2.05) is 42.5 Å². The molecular formula is C16H13NO4. The Morgan fingerprint density at radius 2 is 1.95 bits per heavy atom. The fraction of sp³-hybridized carbons (Fsp3) is 0.125. The zero-order valence-corrected chi connectivity index (χ0v) is 11.3. The molecule has 5 heteroatoms. The molecule has 1 aromatic heterocycles. The SMILES string of the molecule is COC(c1ccc2ccccc2c1)c1cc(C(=O)O)no1. The minimum atomic E-state index is -1.13. The summed E-state index contributed by atoms with van der Waals surface area (Å²) in [5, 5.41) is 14.6. The van der Waals surface area contributed by atoms with E-state index in [1.165, 1.54) is 6.07 Å². The molecule has 1 unspecified atom stereocenters. The normalized spacial score (nSPS) is 12.4. The summed E-state index contributed by atoms with van der Waals surface area (Å²) in [7, 11) is 1.54. The summed E-state index contributed by atoms with van der Waals surface area (Å²) in [4.78, 5) is 10.9. The van der Waals surface area contributed by atoms with Crippen molar-refractivity contribution in [2.45, 2.75) is 6.10 Å². The molecule has 1 N–H and O–H groups in total. The van der Waals surface area contributed by atoms with Crippen LogP contribution in [0.25, 0.3) is 10.8 Å². The summed E-state index contributed by atoms with van der Waals surface area (Å²) in [6.45, 7) is 0. The lowest BCUT2D eigenvalue weighted by atomic mass is 10.0. The smallest absolute Gasteiger partial charge is 0.358 e. The van der Waals surface area contributed by atoms with Gasteiger partial charge in [-0.15, -0.1) is 0 Å². The van der Waals surface area contributed by atoms with E-state index in [0.717, 1.165) is 16.3 Å². The summed E-state index contributed by atoms with van der Waals surface area (Å²) >= 11 is 0. The maximum absolute atomic E-state index is 10.9. The summed E-state index contributed by atoms with van der Waals surface area (Å²) < 4.78 is 10.5. The lowest BCUT2D eigenvalue weighted by Gasteiger charge is -2.13. The molecule has 0 fully saturated rings. The minimum Gasteiger partial charge on any atom is -0.476 e. The Hall–Kier alpha value is -2.66. The van der Waals surface area contributed by atoms with Gasteiger partial charge in [-0.2, -0.15) is 0 Å². The molecule has 1 atom stereocenters. The van der Waals surface area contributed by atoms with Gasteiger partial charge in [0.15, 0.2) is 11.5 Å². The van der Waals surface area contributed by atoms with Crippen molar-refractivity contribution in [2.24, 2.45) is 0 Å². The predicted octanol–water partition coefficient (Wildman–Crippen LogP) is 3.26. The van der Waals surface area contributed by atoms with E-state index < -0.39 is 12.1 Å². The molecule has 0 bridgehead atoms. The number of hydrogen-bond acceptors (Lipinski definition) is 4. The molecule has 0 saturated heterocycles. The van der Waals surface area contributed by atoms with E-state index >= 15 is 0 Å². The first kappa shape index (κ1) is 13.3. The average molecular weight is 283 g/mol. The first-order valence-corrected chi connectivity index (χ1v) is 6.40. The van der Waals surface area contributed by atoms with Gasteiger partial charge in [-0.1, -0.05) is 41.6 Å². The molecule has 0 aliphatic heterocycles. The van der Waals surface area contributed by atoms with Gasteiger partial charge in [0.05, 0.1) is 0 Å². The molecule has 3 rings (SSSR count). The van der Waals surface area contributed by atoms with E-state index in [9.17, 15) is 4.79 Å². The molecule has 106 valence electrons. The van der Waals surface area contributed by atoms with E-state index in [1.54, 1.807) is 7.11 Å². The molecule has 0 aliphatic rings. The van der Waals surface area contributed by atoms with Gasteiger partial charge in [-0.3, -0.25) is 0 Å². The number of rotatable bonds is 4. The third kappa shape index (κ3) is 2.51. The van der Waals surface area contributed by atoms with Gasteiger partial charge in [0.2, 0.25) is 0 Å². The minimum absolute atomic E-state index is 0.132. The number of methoxy groups -OCH3 is 1. The molecule has 5 nitrogen and oxygen atoms in total. The van der Waals surface area contributed by atoms with Crippen LogP contribution in [0.2, 0.25) is 0 Å². The highest BCUT2D eigenvalue weighted by Gasteiger charge is 2.21. The van der Waals surface area contributed by atoms with Crippen LogP contribution in [0.3, 0.4) is 0 Å². The fourth-order valence-electron chi connectivity index (χ4n) is 2.30. The van der Waals surface area contributed by atoms with E-state index in [2.05, 4.69) is 5.16 Å². The maximum Gasteiger partial charge on any atom is 0.358 e. The maximum atomic E-state index is 10.9. The van der Waals surface area contributed by atoms with Crippen molar-refractivity contribution < 1.29 is 19.2 Å². The Labute approximate surface area is 120 Å². The van der Waals surface area contributed by atoms with Crippen molar-refractivity contribution in [2.75, 3.05) is 7.11 Å². The number of aromatic carboxylic acids is 1. The summed E-state index contributed by atoms with van der Waals surface area (Å²) in [6, 6.07) is 15.3. The van der Waals surface area contributed by atoms with Gasteiger partial charge in [-0.25, -0.2) is 4.79 Å². The van der Waals surface area contributed by atoms with Crippen LogP contribution >= 0.6 is 0 Å². The van der Waals surface area contributed by atoms with Gasteiger partial charge in [0, 0.05) is 13.2 Å². The van der Waals surface area contributed by atoms with Crippen LogP contribution < -0.4 is 0 Å². The molecule has 0 saturated carbocycles. The zero-order chi connectivity index (χ0) is 14.8. The summed E-state index contributed by atoms with van der Waals surface area (Å²) in [5.41, 5.74) is 0.747. The van der Waals surface area contributed by atoms with Gasteiger partial charge >= 0.3 is 5.97 Å². The van der Waals surface area contributed by atoms with Crippen molar-refractivity contribution in [3.63, 3.8) is 0 Å². The number of carboxylic acid groups (broad SMARTS) is 1. The third-order valence-electron chi connectivity index (χ3n) is 3.32. The third-order valence-corrected chi connectivity index (χ3v) is 3.32. The second-order valence-electron chi connectivity index (χ2n) is 4.64. The Morgan fingerprint density at radius 3 is 2.62 bits per heavy atom. The molecule has 0 aliphatic carbocycles. The lowest BCUT2D eigenvalue weighted by Crippen LogP contribution is -2.02. The van der Waals surface area contributed by atoms with Crippen LogP contribution in [0, 0.1) is 0 Å². The van der Waals surface area contributed by atoms with Crippen LogP contribution in [-0.2, 0) is 4.74 Å². The zero-order valence-electron chi connectivity index (χ0n) is 11.3. The number of nitrogens with zero attached hydrogens (tertiary/aromatic N) is 1. The molecule has 0 spiro atoms. The van der Waals surface area contributed by atoms with Gasteiger partial charge < -0.3 is 14.4 Å². The number of benzene rings is 2. The Bertz CT molecular complexity index is 794. The molecule has 1 heterocycles. The van der Waals surface area contributed by atoms with Crippen molar-refractivity contribution in [3.8, 4) is 0 Å². The second-order valence-corrected chi connectivity index (χ2v) is 4.64. The van der Waals surface area contributed by atoms with Crippen LogP contribution in [0.1, 0.15) is 27.9 Å². The molecule has 2 aromatic carbocycles. The number of carbonyl (C=O) groups is 1. The van der Waals surface area contributed by atoms with Crippen molar-refractivity contribution >= 4 is 16.7 Å². The monoisotopic (exact) mass is 283 g/mol. The highest BCUT2D eigenvalue weighted by Crippen LogP contribution is 2.28. The lowest BCUT2D eigenvalue weighted by molar-refractivity contribution is 0.0684. The number of aromatic nitrogens is 1. The van der Waals surface area contributed by atoms with Crippen LogP contribution in [-0.4, -0.2) is 23.3 Å². The first-order valence-electron chi connectivity index (χ1n) is 6.40. The Balaban J connectivity index is 2.02. The van der Waals surface area contributed by atoms with Crippen molar-refractivity contribution in [1.82, 2.24) is 5.16 Å². The van der Waals surface area contributed by atoms with Crippen LogP contribution in [0.4, 0.5) is 0 Å². The summed E-state index contributed by atoms with van der Waals surface area (Å²) in [6.07, 6.45) is -0.491. The van der Waals surface area contributed by atoms with Crippen LogP contribution in [0.5, 0.6) is 0 Å². The number of ether oxygens (including phenoxy) is 1. The molecule has 0 amide bonds. The Kier molecular flexibility index (Phi) is 3.41. The van der Waals surface area contributed by atoms with E-state index in [0.29, 0.717) is 5.76 Å². The fourth-order valence-corrected chi connectivity index (χ4v) is 2.30.